The molecule has 172 valence electrons. The number of hydrogen-bond donors (Lipinski definition) is 2. The maximum Gasteiger partial charge on any atom is 0.169 e. The van der Waals surface area contributed by atoms with Gasteiger partial charge in [0.1, 0.15) is 5.75 Å². The van der Waals surface area contributed by atoms with E-state index in [1.54, 1.807) is 6.07 Å². The molecule has 2 aromatic rings. The zero-order valence-electron chi connectivity index (χ0n) is 19.1. The molecule has 2 saturated heterocycles. The van der Waals surface area contributed by atoms with Gasteiger partial charge in [-0.15, -0.1) is 10.2 Å². The number of fused-ring (bicyclic) bond motifs is 2. The van der Waals surface area contributed by atoms with Crippen molar-refractivity contribution in [2.24, 2.45) is 0 Å². The average Bonchev–Trinajstić information content (AvgIpc) is 3.07. The number of piperazine rings is 1. The first-order valence-corrected chi connectivity index (χ1v) is 12.6. The van der Waals surface area contributed by atoms with Crippen LogP contribution in [-0.4, -0.2) is 51.4 Å². The number of phenolic OH excluding ortho intramolecular Hbond substituents is 1. The summed E-state index contributed by atoms with van der Waals surface area (Å²) >= 11 is 0. The quantitative estimate of drug-likeness (QED) is 0.708. The lowest BCUT2D eigenvalue weighted by molar-refractivity contribution is 0.0936. The molecule has 2 bridgehead atoms. The number of rotatable bonds is 3. The van der Waals surface area contributed by atoms with Gasteiger partial charge in [0.15, 0.2) is 5.82 Å². The van der Waals surface area contributed by atoms with Crippen LogP contribution in [0, 0.1) is 0 Å². The van der Waals surface area contributed by atoms with Gasteiger partial charge in [0, 0.05) is 36.8 Å². The summed E-state index contributed by atoms with van der Waals surface area (Å²) in [5.74, 6) is 0.703. The van der Waals surface area contributed by atoms with Gasteiger partial charge < -0.3 is 15.7 Å². The second-order valence-electron chi connectivity index (χ2n) is 9.96. The Morgan fingerprint density at radius 1 is 0.781 bits per heavy atom. The van der Waals surface area contributed by atoms with E-state index in [0.29, 0.717) is 29.2 Å². The number of nitrogen functional groups attached to an aromatic ring is 1. The molecular weight excluding hydrogens is 398 g/mol. The van der Waals surface area contributed by atoms with Crippen molar-refractivity contribution in [1.29, 1.82) is 0 Å². The normalized spacial score (nSPS) is 25.7. The highest BCUT2D eigenvalue weighted by molar-refractivity contribution is 5.74. The van der Waals surface area contributed by atoms with Crippen LogP contribution in [0.15, 0.2) is 30.3 Å². The molecule has 6 nitrogen and oxygen atoms in total. The number of hydrogen-bond acceptors (Lipinski definition) is 6. The molecule has 32 heavy (non-hydrogen) atoms. The van der Waals surface area contributed by atoms with Crippen LogP contribution < -0.4 is 10.6 Å². The Labute approximate surface area is 191 Å². The van der Waals surface area contributed by atoms with E-state index in [2.05, 4.69) is 20.0 Å². The third-order valence-corrected chi connectivity index (χ3v) is 7.86. The smallest absolute Gasteiger partial charge is 0.169 e. The highest BCUT2D eigenvalue weighted by Crippen LogP contribution is 2.39. The molecule has 1 saturated carbocycles. The second-order valence-corrected chi connectivity index (χ2v) is 9.96. The number of anilines is 2. The minimum atomic E-state index is 0.221. The standard InChI is InChI=1S/C26H37N5O/c27-26-24(16-23(28-29-26)22-12-8-9-13-25(22)32)30-17-20-14-15-21(18-30)31(20)19-10-6-4-2-1-3-5-7-11-19/h8-9,12-13,16,19-21,32H,1-7,10-11,14-15,17-18H2,(H2,27,29). The van der Waals surface area contributed by atoms with Gasteiger partial charge in [-0.2, -0.15) is 0 Å². The van der Waals surface area contributed by atoms with E-state index in [-0.39, 0.29) is 5.75 Å². The van der Waals surface area contributed by atoms with Gasteiger partial charge in [0.05, 0.1) is 11.4 Å². The maximum absolute atomic E-state index is 10.3. The van der Waals surface area contributed by atoms with Gasteiger partial charge in [-0.1, -0.05) is 57.1 Å². The van der Waals surface area contributed by atoms with Crippen LogP contribution in [0.2, 0.25) is 0 Å². The Kier molecular flexibility index (Phi) is 6.49. The molecule has 1 aliphatic carbocycles. The van der Waals surface area contributed by atoms with Crippen molar-refractivity contribution in [2.75, 3.05) is 23.7 Å². The first-order chi connectivity index (χ1) is 15.7. The fourth-order valence-electron chi connectivity index (χ4n) is 6.28. The third kappa shape index (κ3) is 4.42. The molecule has 2 aliphatic heterocycles. The van der Waals surface area contributed by atoms with E-state index in [0.717, 1.165) is 24.8 Å². The topological polar surface area (TPSA) is 78.5 Å². The molecule has 0 amide bonds. The highest BCUT2D eigenvalue weighted by Gasteiger charge is 2.43. The van der Waals surface area contributed by atoms with Crippen molar-refractivity contribution < 1.29 is 5.11 Å². The van der Waals surface area contributed by atoms with Crippen molar-refractivity contribution in [1.82, 2.24) is 15.1 Å². The predicted molar refractivity (Wildman–Crippen MR) is 130 cm³/mol. The largest absolute Gasteiger partial charge is 0.507 e. The number of aromatic nitrogens is 2. The molecule has 0 spiro atoms. The fraction of sp³-hybridized carbons (Fsp3) is 0.615. The molecule has 2 unspecified atom stereocenters. The van der Waals surface area contributed by atoms with E-state index in [9.17, 15) is 5.11 Å². The number of para-hydroxylation sites is 1. The summed E-state index contributed by atoms with van der Waals surface area (Å²) in [4.78, 5) is 5.32. The van der Waals surface area contributed by atoms with Gasteiger partial charge in [-0.3, -0.25) is 4.90 Å². The summed E-state index contributed by atoms with van der Waals surface area (Å²) in [6.45, 7) is 2.01. The van der Waals surface area contributed by atoms with Crippen molar-refractivity contribution in [3.8, 4) is 17.0 Å². The monoisotopic (exact) mass is 435 g/mol. The lowest BCUT2D eigenvalue weighted by Gasteiger charge is -2.46. The van der Waals surface area contributed by atoms with E-state index < -0.39 is 0 Å². The molecular formula is C26H37N5O. The molecule has 3 fully saturated rings. The average molecular weight is 436 g/mol. The zero-order chi connectivity index (χ0) is 21.9. The van der Waals surface area contributed by atoms with E-state index in [1.807, 2.05) is 24.3 Å². The Morgan fingerprint density at radius 2 is 1.41 bits per heavy atom. The number of phenols is 1. The van der Waals surface area contributed by atoms with Gasteiger partial charge in [0.25, 0.3) is 0 Å². The summed E-state index contributed by atoms with van der Waals surface area (Å²) in [5.41, 5.74) is 8.64. The molecule has 3 N–H and O–H groups in total. The van der Waals surface area contributed by atoms with Crippen molar-refractivity contribution in [3.05, 3.63) is 30.3 Å². The molecule has 3 heterocycles. The van der Waals surface area contributed by atoms with Crippen LogP contribution in [0.5, 0.6) is 5.75 Å². The Balaban J connectivity index is 1.34. The second kappa shape index (κ2) is 9.65. The van der Waals surface area contributed by atoms with Gasteiger partial charge in [-0.05, 0) is 43.9 Å². The van der Waals surface area contributed by atoms with Crippen LogP contribution in [0.3, 0.4) is 0 Å². The summed E-state index contributed by atoms with van der Waals surface area (Å²) in [7, 11) is 0. The molecule has 1 aromatic carbocycles. The summed E-state index contributed by atoms with van der Waals surface area (Å²) in [6.07, 6.45) is 15.1. The minimum absolute atomic E-state index is 0.221. The Morgan fingerprint density at radius 3 is 2.06 bits per heavy atom. The number of aromatic hydroxyl groups is 1. The summed E-state index contributed by atoms with van der Waals surface area (Å²) < 4.78 is 0. The third-order valence-electron chi connectivity index (χ3n) is 7.86. The van der Waals surface area contributed by atoms with E-state index >= 15 is 0 Å². The van der Waals surface area contributed by atoms with Gasteiger partial charge in [-0.25, -0.2) is 0 Å². The number of benzene rings is 1. The van der Waals surface area contributed by atoms with Gasteiger partial charge >= 0.3 is 0 Å². The molecule has 2 atom stereocenters. The van der Waals surface area contributed by atoms with Crippen molar-refractivity contribution in [3.63, 3.8) is 0 Å². The Bertz CT molecular complexity index is 895. The first-order valence-electron chi connectivity index (χ1n) is 12.6. The highest BCUT2D eigenvalue weighted by atomic mass is 16.3. The Hall–Kier alpha value is -2.34. The van der Waals surface area contributed by atoms with E-state index in [4.69, 9.17) is 5.73 Å². The lowest BCUT2D eigenvalue weighted by Crippen LogP contribution is -2.57. The van der Waals surface area contributed by atoms with E-state index in [1.165, 1.54) is 70.6 Å². The van der Waals surface area contributed by atoms with Crippen LogP contribution >= 0.6 is 0 Å². The molecule has 3 aliphatic rings. The van der Waals surface area contributed by atoms with Crippen LogP contribution in [0.25, 0.3) is 11.3 Å². The predicted octanol–water partition coefficient (Wildman–Crippen LogP) is 4.98. The maximum atomic E-state index is 10.3. The van der Waals surface area contributed by atoms with Crippen molar-refractivity contribution in [2.45, 2.75) is 88.8 Å². The van der Waals surface area contributed by atoms with Gasteiger partial charge in [0.2, 0.25) is 0 Å². The number of nitrogens with zero attached hydrogens (tertiary/aromatic N) is 4. The zero-order valence-corrected chi connectivity index (χ0v) is 19.1. The summed E-state index contributed by atoms with van der Waals surface area (Å²) in [6, 6.07) is 11.2. The first kappa shape index (κ1) is 21.5. The van der Waals surface area contributed by atoms with Crippen molar-refractivity contribution >= 4 is 11.5 Å². The molecule has 5 rings (SSSR count). The molecule has 0 radical (unpaired) electrons. The van der Waals surface area contributed by atoms with Crippen LogP contribution in [-0.2, 0) is 0 Å². The minimum Gasteiger partial charge on any atom is -0.507 e. The summed E-state index contributed by atoms with van der Waals surface area (Å²) in [5, 5.41) is 18.8. The molecule has 6 heteroatoms. The molecule has 1 aromatic heterocycles. The number of nitrogens with two attached hydrogens (primary N) is 1. The SMILES string of the molecule is Nc1nnc(-c2ccccc2O)cc1N1CC2CCC(C1)N2C1CCCCCCCCC1. The van der Waals surface area contributed by atoms with Crippen LogP contribution in [0.1, 0.15) is 70.6 Å². The fourth-order valence-corrected chi connectivity index (χ4v) is 6.28. The lowest BCUT2D eigenvalue weighted by atomic mass is 9.94. The van der Waals surface area contributed by atoms with Crippen LogP contribution in [0.4, 0.5) is 11.5 Å².